The monoisotopic (exact) mass is 148 g/mol. The summed E-state index contributed by atoms with van der Waals surface area (Å²) in [6.07, 6.45) is 10.2. The van der Waals surface area contributed by atoms with Crippen molar-refractivity contribution in [3.8, 4) is 0 Å². The Morgan fingerprint density at radius 1 is 1.18 bits per heavy atom. The molecule has 0 fully saturated rings. The van der Waals surface area contributed by atoms with Crippen molar-refractivity contribution in [3.05, 3.63) is 48.1 Å². The van der Waals surface area contributed by atoms with Gasteiger partial charge < -0.3 is 0 Å². The van der Waals surface area contributed by atoms with Crippen LogP contribution in [0.15, 0.2) is 48.1 Å². The Morgan fingerprint density at radius 3 is 2.18 bits per heavy atom. The van der Waals surface area contributed by atoms with E-state index in [4.69, 9.17) is 0 Å². The second kappa shape index (κ2) is 5.72. The normalized spacial score (nSPS) is 13.2. The van der Waals surface area contributed by atoms with Crippen LogP contribution in [0.4, 0.5) is 0 Å². The SMILES string of the molecule is C=C(C)C(/C=C\C)=C\C=C/C. The van der Waals surface area contributed by atoms with E-state index in [9.17, 15) is 0 Å². The van der Waals surface area contributed by atoms with Crippen LogP contribution in [-0.2, 0) is 0 Å². The molecule has 0 heteroatoms. The molecule has 0 bridgehead atoms. The lowest BCUT2D eigenvalue weighted by Crippen LogP contribution is -1.76. The highest BCUT2D eigenvalue weighted by atomic mass is 13.9. The molecule has 11 heavy (non-hydrogen) atoms. The number of hydrogen-bond donors (Lipinski definition) is 0. The van der Waals surface area contributed by atoms with Gasteiger partial charge in [-0.25, -0.2) is 0 Å². The number of hydrogen-bond acceptors (Lipinski definition) is 0. The molecule has 0 nitrogen and oxygen atoms in total. The quantitative estimate of drug-likeness (QED) is 0.536. The lowest BCUT2D eigenvalue weighted by atomic mass is 10.1. The van der Waals surface area contributed by atoms with Gasteiger partial charge in [0.1, 0.15) is 0 Å². The Kier molecular flexibility index (Phi) is 5.18. The van der Waals surface area contributed by atoms with Gasteiger partial charge >= 0.3 is 0 Å². The molecular weight excluding hydrogens is 132 g/mol. The van der Waals surface area contributed by atoms with E-state index in [1.807, 2.05) is 39.0 Å². The average Bonchev–Trinajstić information content (AvgIpc) is 1.97. The summed E-state index contributed by atoms with van der Waals surface area (Å²) >= 11 is 0. The lowest BCUT2D eigenvalue weighted by molar-refractivity contribution is 1.44. The summed E-state index contributed by atoms with van der Waals surface area (Å²) in [5.74, 6) is 0. The van der Waals surface area contributed by atoms with Crippen molar-refractivity contribution in [1.29, 1.82) is 0 Å². The minimum Gasteiger partial charge on any atom is -0.0955 e. The van der Waals surface area contributed by atoms with Crippen LogP contribution in [0.3, 0.4) is 0 Å². The van der Waals surface area contributed by atoms with Crippen LogP contribution >= 0.6 is 0 Å². The van der Waals surface area contributed by atoms with E-state index in [2.05, 4.69) is 18.7 Å². The fourth-order valence-electron chi connectivity index (χ4n) is 0.720. The highest BCUT2D eigenvalue weighted by Gasteiger charge is 1.87. The van der Waals surface area contributed by atoms with Gasteiger partial charge in [-0.05, 0) is 26.3 Å². The molecule has 0 amide bonds. The van der Waals surface area contributed by atoms with E-state index in [0.29, 0.717) is 0 Å². The summed E-state index contributed by atoms with van der Waals surface area (Å²) in [5, 5.41) is 0. The van der Waals surface area contributed by atoms with E-state index < -0.39 is 0 Å². The second-order valence-corrected chi connectivity index (χ2v) is 2.43. The molecule has 0 aliphatic rings. The van der Waals surface area contributed by atoms with Gasteiger partial charge in [0.05, 0.1) is 0 Å². The maximum Gasteiger partial charge on any atom is -0.0237 e. The van der Waals surface area contributed by atoms with E-state index in [1.54, 1.807) is 0 Å². The average molecular weight is 148 g/mol. The first-order valence-corrected chi connectivity index (χ1v) is 3.84. The van der Waals surface area contributed by atoms with Gasteiger partial charge in [-0.3, -0.25) is 0 Å². The standard InChI is InChI=1S/C11H16/c1-5-7-9-11(8-6-2)10(3)4/h5-9H,3H2,1-2,4H3/b7-5-,8-6-,11-9-. The molecule has 0 aromatic carbocycles. The van der Waals surface area contributed by atoms with Crippen LogP contribution in [0.1, 0.15) is 20.8 Å². The van der Waals surface area contributed by atoms with Crippen LogP contribution in [0.2, 0.25) is 0 Å². The minimum atomic E-state index is 1.10. The molecule has 0 radical (unpaired) electrons. The largest absolute Gasteiger partial charge is 0.0955 e. The van der Waals surface area contributed by atoms with Gasteiger partial charge in [-0.15, -0.1) is 0 Å². The van der Waals surface area contributed by atoms with Crippen molar-refractivity contribution < 1.29 is 0 Å². The molecule has 0 aliphatic carbocycles. The zero-order chi connectivity index (χ0) is 8.69. The number of allylic oxidation sites excluding steroid dienone is 7. The molecule has 0 aromatic heterocycles. The van der Waals surface area contributed by atoms with E-state index in [-0.39, 0.29) is 0 Å². The van der Waals surface area contributed by atoms with Crippen LogP contribution in [-0.4, -0.2) is 0 Å². The van der Waals surface area contributed by atoms with Crippen molar-refractivity contribution in [2.24, 2.45) is 0 Å². The van der Waals surface area contributed by atoms with Gasteiger partial charge in [0.15, 0.2) is 0 Å². The van der Waals surface area contributed by atoms with Gasteiger partial charge in [-0.1, -0.05) is 42.5 Å². The lowest BCUT2D eigenvalue weighted by Gasteiger charge is -1.96. The van der Waals surface area contributed by atoms with Crippen molar-refractivity contribution in [1.82, 2.24) is 0 Å². The van der Waals surface area contributed by atoms with Crippen molar-refractivity contribution >= 4 is 0 Å². The van der Waals surface area contributed by atoms with Crippen molar-refractivity contribution in [2.75, 3.05) is 0 Å². The topological polar surface area (TPSA) is 0 Å². The van der Waals surface area contributed by atoms with Crippen LogP contribution in [0.25, 0.3) is 0 Å². The highest BCUT2D eigenvalue weighted by molar-refractivity contribution is 5.38. The predicted molar refractivity (Wildman–Crippen MR) is 52.5 cm³/mol. The van der Waals surface area contributed by atoms with Gasteiger partial charge in [0, 0.05) is 0 Å². The smallest absolute Gasteiger partial charge is 0.0237 e. The maximum atomic E-state index is 3.87. The van der Waals surface area contributed by atoms with Crippen LogP contribution in [0.5, 0.6) is 0 Å². The summed E-state index contributed by atoms with van der Waals surface area (Å²) in [5.41, 5.74) is 2.28. The Balaban J connectivity index is 4.45. The third-order valence-corrected chi connectivity index (χ3v) is 1.31. The van der Waals surface area contributed by atoms with E-state index in [1.165, 1.54) is 5.57 Å². The molecule has 0 aromatic rings. The Hall–Kier alpha value is -1.04. The van der Waals surface area contributed by atoms with Crippen molar-refractivity contribution in [3.63, 3.8) is 0 Å². The Morgan fingerprint density at radius 2 is 1.82 bits per heavy atom. The summed E-state index contributed by atoms with van der Waals surface area (Å²) in [6, 6.07) is 0. The molecule has 0 atom stereocenters. The second-order valence-electron chi connectivity index (χ2n) is 2.43. The predicted octanol–water partition coefficient (Wildman–Crippen LogP) is 3.64. The van der Waals surface area contributed by atoms with E-state index >= 15 is 0 Å². The first kappa shape index (κ1) is 9.96. The molecule has 0 saturated heterocycles. The van der Waals surface area contributed by atoms with Gasteiger partial charge in [0.25, 0.3) is 0 Å². The Bertz CT molecular complexity index is 202. The summed E-state index contributed by atoms with van der Waals surface area (Å²) in [6.45, 7) is 9.89. The van der Waals surface area contributed by atoms with Gasteiger partial charge in [-0.2, -0.15) is 0 Å². The maximum absolute atomic E-state index is 3.87. The zero-order valence-electron chi connectivity index (χ0n) is 7.59. The van der Waals surface area contributed by atoms with Crippen LogP contribution in [0, 0.1) is 0 Å². The fourth-order valence-corrected chi connectivity index (χ4v) is 0.720. The molecule has 0 heterocycles. The van der Waals surface area contributed by atoms with Crippen LogP contribution < -0.4 is 0 Å². The molecule has 0 rings (SSSR count). The summed E-state index contributed by atoms with van der Waals surface area (Å²) in [7, 11) is 0. The minimum absolute atomic E-state index is 1.10. The third kappa shape index (κ3) is 4.38. The highest BCUT2D eigenvalue weighted by Crippen LogP contribution is 2.08. The molecular formula is C11H16. The zero-order valence-corrected chi connectivity index (χ0v) is 7.59. The summed E-state index contributed by atoms with van der Waals surface area (Å²) in [4.78, 5) is 0. The summed E-state index contributed by atoms with van der Waals surface area (Å²) < 4.78 is 0. The first-order chi connectivity index (χ1) is 5.22. The molecule has 0 N–H and O–H groups in total. The molecule has 0 spiro atoms. The number of rotatable bonds is 3. The van der Waals surface area contributed by atoms with Crippen molar-refractivity contribution in [2.45, 2.75) is 20.8 Å². The van der Waals surface area contributed by atoms with Gasteiger partial charge in [0.2, 0.25) is 0 Å². The Labute approximate surface area is 69.6 Å². The molecule has 0 aliphatic heterocycles. The molecule has 60 valence electrons. The van der Waals surface area contributed by atoms with E-state index in [0.717, 1.165) is 5.57 Å². The third-order valence-electron chi connectivity index (χ3n) is 1.31. The first-order valence-electron chi connectivity index (χ1n) is 3.84. The molecule has 0 unspecified atom stereocenters. The molecule has 0 saturated carbocycles. The fraction of sp³-hybridized carbons (Fsp3) is 0.273.